The Morgan fingerprint density at radius 1 is 0.941 bits per heavy atom. The minimum atomic E-state index is 0.369. The maximum Gasteiger partial charge on any atom is 0.101 e. The Bertz CT molecular complexity index is 1030. The first-order valence-electron chi connectivity index (χ1n) is 12.7. The zero-order valence-corrected chi connectivity index (χ0v) is 21.2. The highest BCUT2D eigenvalue weighted by atomic mass is 35.5. The maximum atomic E-state index is 9.19. The molecule has 0 amide bonds. The summed E-state index contributed by atoms with van der Waals surface area (Å²) in [4.78, 5) is 7.58. The van der Waals surface area contributed by atoms with E-state index in [0.29, 0.717) is 28.1 Å². The molecule has 0 bridgehead atoms. The fraction of sp³-hybridized carbons (Fsp3) is 0.536. The van der Waals surface area contributed by atoms with Crippen molar-refractivity contribution in [2.45, 2.75) is 51.1 Å². The Hall–Kier alpha value is -2.42. The summed E-state index contributed by atoms with van der Waals surface area (Å²) in [6, 6.07) is 18.5. The number of hydrogen-bond acceptors (Lipinski definition) is 5. The van der Waals surface area contributed by atoms with E-state index >= 15 is 0 Å². The Balaban J connectivity index is 1.19. The number of nitriles is 1. The molecule has 1 N–H and O–H groups in total. The summed E-state index contributed by atoms with van der Waals surface area (Å²) in [5.41, 5.74) is 4.77. The minimum absolute atomic E-state index is 0.369. The highest BCUT2D eigenvalue weighted by Gasteiger charge is 2.44. The van der Waals surface area contributed by atoms with E-state index in [9.17, 15) is 5.26 Å². The van der Waals surface area contributed by atoms with Crippen LogP contribution in [0.3, 0.4) is 0 Å². The third kappa shape index (κ3) is 4.59. The first-order valence-corrected chi connectivity index (χ1v) is 13.1. The van der Waals surface area contributed by atoms with E-state index in [4.69, 9.17) is 11.6 Å². The Morgan fingerprint density at radius 3 is 2.09 bits per heavy atom. The molecule has 2 aromatic rings. The van der Waals surface area contributed by atoms with Crippen molar-refractivity contribution in [2.24, 2.45) is 5.41 Å². The van der Waals surface area contributed by atoms with Gasteiger partial charge in [0.1, 0.15) is 6.07 Å². The van der Waals surface area contributed by atoms with Gasteiger partial charge in [0.25, 0.3) is 0 Å². The fourth-order valence-electron chi connectivity index (χ4n) is 6.34. The summed E-state index contributed by atoms with van der Waals surface area (Å²) in [6.45, 7) is 7.90. The van der Waals surface area contributed by atoms with Gasteiger partial charge in [0.15, 0.2) is 0 Å². The van der Waals surface area contributed by atoms with Crippen molar-refractivity contribution in [3.63, 3.8) is 0 Å². The van der Waals surface area contributed by atoms with E-state index in [1.807, 2.05) is 12.1 Å². The van der Waals surface area contributed by atoms with Crippen LogP contribution in [0.5, 0.6) is 0 Å². The molecule has 1 atom stereocenters. The highest BCUT2D eigenvalue weighted by Crippen LogP contribution is 2.46. The molecule has 0 unspecified atom stereocenters. The largest absolute Gasteiger partial charge is 0.371 e. The number of nitrogens with one attached hydrogen (secondary N) is 1. The van der Waals surface area contributed by atoms with Crippen LogP contribution in [-0.4, -0.2) is 51.9 Å². The number of piperidine rings is 2. The normalized spacial score (nSPS) is 22.9. The fourth-order valence-corrected chi connectivity index (χ4v) is 6.56. The van der Waals surface area contributed by atoms with E-state index in [0.717, 1.165) is 38.4 Å². The van der Waals surface area contributed by atoms with Gasteiger partial charge in [-0.1, -0.05) is 11.6 Å². The summed E-state index contributed by atoms with van der Waals surface area (Å²) < 4.78 is 0. The van der Waals surface area contributed by atoms with Gasteiger partial charge in [-0.25, -0.2) is 0 Å². The second-order valence-electron chi connectivity index (χ2n) is 10.5. The standard InChI is InChI=1S/C28H36ClN5/c1-21-18-28(20-34(21)26-4-3-22(19-30)27(29)17-26)11-15-33(16-12-28)25-7-5-24(6-8-25)32-13-9-23(31-2)10-14-32/h3-8,17,21,23,31H,9-16,18,20H2,1-2H3/t21-/m0/s1. The van der Waals surface area contributed by atoms with Crippen LogP contribution in [0.1, 0.15) is 44.6 Å². The number of benzene rings is 2. The molecule has 0 aromatic heterocycles. The van der Waals surface area contributed by atoms with Crippen LogP contribution in [0, 0.1) is 16.7 Å². The molecule has 0 saturated carbocycles. The van der Waals surface area contributed by atoms with Crippen LogP contribution in [-0.2, 0) is 0 Å². The molecule has 3 aliphatic rings. The van der Waals surface area contributed by atoms with Crippen LogP contribution in [0.15, 0.2) is 42.5 Å². The van der Waals surface area contributed by atoms with Crippen molar-refractivity contribution in [3.05, 3.63) is 53.1 Å². The van der Waals surface area contributed by atoms with Gasteiger partial charge in [0.05, 0.1) is 10.6 Å². The van der Waals surface area contributed by atoms with Gasteiger partial charge in [-0.05, 0) is 94.0 Å². The van der Waals surface area contributed by atoms with Crippen LogP contribution in [0.25, 0.3) is 0 Å². The second kappa shape index (κ2) is 9.68. The first-order chi connectivity index (χ1) is 16.5. The van der Waals surface area contributed by atoms with Crippen molar-refractivity contribution < 1.29 is 0 Å². The van der Waals surface area contributed by atoms with Gasteiger partial charge >= 0.3 is 0 Å². The van der Waals surface area contributed by atoms with E-state index in [-0.39, 0.29) is 0 Å². The molecule has 180 valence electrons. The van der Waals surface area contributed by atoms with E-state index in [2.05, 4.69) is 70.4 Å². The van der Waals surface area contributed by atoms with E-state index < -0.39 is 0 Å². The molecule has 34 heavy (non-hydrogen) atoms. The molecular formula is C28H36ClN5. The molecule has 3 heterocycles. The van der Waals surface area contributed by atoms with E-state index in [1.165, 1.54) is 43.5 Å². The average Bonchev–Trinajstić information content (AvgIpc) is 3.20. The van der Waals surface area contributed by atoms with Crippen molar-refractivity contribution >= 4 is 28.7 Å². The monoisotopic (exact) mass is 477 g/mol. The zero-order chi connectivity index (χ0) is 23.7. The van der Waals surface area contributed by atoms with Gasteiger partial charge < -0.3 is 20.0 Å². The molecule has 3 fully saturated rings. The SMILES string of the molecule is CNC1CCN(c2ccc(N3CCC4(CC3)C[C@H](C)N(c3ccc(C#N)c(Cl)c3)C4)cc2)CC1. The summed E-state index contributed by atoms with van der Waals surface area (Å²) >= 11 is 6.33. The third-order valence-electron chi connectivity index (χ3n) is 8.48. The van der Waals surface area contributed by atoms with Gasteiger partial charge in [-0.2, -0.15) is 5.26 Å². The van der Waals surface area contributed by atoms with Crippen molar-refractivity contribution in [2.75, 3.05) is 54.5 Å². The molecule has 0 radical (unpaired) electrons. The Kier molecular flexibility index (Phi) is 6.64. The lowest BCUT2D eigenvalue weighted by atomic mass is 9.76. The maximum absolute atomic E-state index is 9.19. The van der Waals surface area contributed by atoms with Gasteiger partial charge in [-0.15, -0.1) is 0 Å². The molecule has 0 aliphatic carbocycles. The number of rotatable bonds is 4. The lowest BCUT2D eigenvalue weighted by Gasteiger charge is -2.40. The smallest absolute Gasteiger partial charge is 0.101 e. The summed E-state index contributed by atoms with van der Waals surface area (Å²) in [7, 11) is 2.07. The molecule has 5 nitrogen and oxygen atoms in total. The van der Waals surface area contributed by atoms with Crippen LogP contribution < -0.4 is 20.0 Å². The predicted molar refractivity (Wildman–Crippen MR) is 142 cm³/mol. The van der Waals surface area contributed by atoms with Crippen molar-refractivity contribution in [1.29, 1.82) is 5.26 Å². The number of hydrogen-bond donors (Lipinski definition) is 1. The zero-order valence-electron chi connectivity index (χ0n) is 20.4. The lowest BCUT2D eigenvalue weighted by Crippen LogP contribution is -2.42. The molecule has 6 heteroatoms. The van der Waals surface area contributed by atoms with Crippen LogP contribution >= 0.6 is 11.6 Å². The minimum Gasteiger partial charge on any atom is -0.371 e. The molecule has 3 saturated heterocycles. The summed E-state index contributed by atoms with van der Waals surface area (Å²) in [5.74, 6) is 0. The van der Waals surface area contributed by atoms with Gasteiger partial charge in [0.2, 0.25) is 0 Å². The predicted octanol–water partition coefficient (Wildman–Crippen LogP) is 5.29. The highest BCUT2D eigenvalue weighted by molar-refractivity contribution is 6.32. The molecule has 5 rings (SSSR count). The Labute approximate surface area is 209 Å². The first kappa shape index (κ1) is 23.3. The quantitative estimate of drug-likeness (QED) is 0.648. The van der Waals surface area contributed by atoms with Gasteiger partial charge in [0, 0.05) is 61.9 Å². The Morgan fingerprint density at radius 2 is 1.53 bits per heavy atom. The van der Waals surface area contributed by atoms with Crippen molar-refractivity contribution in [3.8, 4) is 6.07 Å². The average molecular weight is 478 g/mol. The topological polar surface area (TPSA) is 45.5 Å². The molecule has 2 aromatic carbocycles. The summed E-state index contributed by atoms with van der Waals surface area (Å²) in [5, 5.41) is 13.2. The molecular weight excluding hydrogens is 442 g/mol. The molecule has 3 aliphatic heterocycles. The van der Waals surface area contributed by atoms with Crippen LogP contribution in [0.4, 0.5) is 17.1 Å². The lowest BCUT2D eigenvalue weighted by molar-refractivity contribution is 0.245. The second-order valence-corrected chi connectivity index (χ2v) is 10.9. The van der Waals surface area contributed by atoms with Crippen LogP contribution in [0.2, 0.25) is 5.02 Å². The number of anilines is 3. The number of halogens is 1. The molecule has 1 spiro atoms. The number of nitrogens with zero attached hydrogens (tertiary/aromatic N) is 4. The van der Waals surface area contributed by atoms with Crippen molar-refractivity contribution in [1.82, 2.24) is 5.32 Å². The van der Waals surface area contributed by atoms with Gasteiger partial charge in [-0.3, -0.25) is 0 Å². The van der Waals surface area contributed by atoms with E-state index in [1.54, 1.807) is 0 Å². The summed E-state index contributed by atoms with van der Waals surface area (Å²) in [6.07, 6.45) is 6.10. The third-order valence-corrected chi connectivity index (χ3v) is 8.79.